The average molecular weight is 263 g/mol. The Morgan fingerprint density at radius 2 is 2.11 bits per heavy atom. The standard InChI is InChI=1S/C14H18FN3O/c1-8(2)12(7-16)14-17-13(18-19-14)11-5-4-10(15)6-9(11)3/h4-6,8,12H,7,16H2,1-3H3. The number of hydrogen-bond acceptors (Lipinski definition) is 4. The highest BCUT2D eigenvalue weighted by atomic mass is 19.1. The van der Waals surface area contributed by atoms with Gasteiger partial charge in [0.25, 0.3) is 0 Å². The minimum absolute atomic E-state index is 0.0435. The first kappa shape index (κ1) is 13.7. The highest BCUT2D eigenvalue weighted by Crippen LogP contribution is 2.26. The zero-order valence-electron chi connectivity index (χ0n) is 11.4. The molecule has 2 aromatic rings. The number of benzene rings is 1. The summed E-state index contributed by atoms with van der Waals surface area (Å²) < 4.78 is 18.4. The lowest BCUT2D eigenvalue weighted by atomic mass is 9.96. The zero-order chi connectivity index (χ0) is 14.0. The molecule has 1 aromatic carbocycles. The molecule has 1 aromatic heterocycles. The largest absolute Gasteiger partial charge is 0.339 e. The Hall–Kier alpha value is -1.75. The van der Waals surface area contributed by atoms with Crippen molar-refractivity contribution in [2.24, 2.45) is 11.7 Å². The highest BCUT2D eigenvalue weighted by molar-refractivity contribution is 5.59. The summed E-state index contributed by atoms with van der Waals surface area (Å²) in [5.74, 6) is 1.12. The van der Waals surface area contributed by atoms with E-state index in [1.165, 1.54) is 12.1 Å². The second-order valence-corrected chi connectivity index (χ2v) is 5.00. The quantitative estimate of drug-likeness (QED) is 0.921. The molecule has 0 aliphatic rings. The van der Waals surface area contributed by atoms with Gasteiger partial charge in [-0.3, -0.25) is 0 Å². The van der Waals surface area contributed by atoms with Crippen molar-refractivity contribution in [1.29, 1.82) is 0 Å². The lowest BCUT2D eigenvalue weighted by Crippen LogP contribution is -2.18. The number of halogens is 1. The van der Waals surface area contributed by atoms with Gasteiger partial charge in [-0.15, -0.1) is 0 Å². The van der Waals surface area contributed by atoms with Crippen molar-refractivity contribution < 1.29 is 8.91 Å². The van der Waals surface area contributed by atoms with Crippen LogP contribution < -0.4 is 5.73 Å². The summed E-state index contributed by atoms with van der Waals surface area (Å²) in [6.45, 7) is 6.40. The van der Waals surface area contributed by atoms with Gasteiger partial charge in [-0.05, 0) is 36.6 Å². The Bertz CT molecular complexity index is 566. The number of nitrogens with zero attached hydrogens (tertiary/aromatic N) is 2. The molecule has 0 radical (unpaired) electrons. The average Bonchev–Trinajstić information content (AvgIpc) is 2.78. The van der Waals surface area contributed by atoms with Crippen molar-refractivity contribution in [2.75, 3.05) is 6.54 Å². The third kappa shape index (κ3) is 2.81. The van der Waals surface area contributed by atoms with Crippen LogP contribution in [0.1, 0.15) is 31.2 Å². The Morgan fingerprint density at radius 1 is 1.37 bits per heavy atom. The van der Waals surface area contributed by atoms with E-state index in [2.05, 4.69) is 24.0 Å². The lowest BCUT2D eigenvalue weighted by Gasteiger charge is -2.13. The number of rotatable bonds is 4. The molecule has 0 saturated heterocycles. The maximum absolute atomic E-state index is 13.1. The molecule has 0 spiro atoms. The summed E-state index contributed by atoms with van der Waals surface area (Å²) in [6, 6.07) is 4.50. The van der Waals surface area contributed by atoms with Gasteiger partial charge in [-0.2, -0.15) is 4.98 Å². The van der Waals surface area contributed by atoms with Crippen molar-refractivity contribution in [3.63, 3.8) is 0 Å². The summed E-state index contributed by atoms with van der Waals surface area (Å²) in [4.78, 5) is 4.38. The molecule has 0 aliphatic heterocycles. The van der Waals surface area contributed by atoms with Gasteiger partial charge in [0.2, 0.25) is 11.7 Å². The third-order valence-corrected chi connectivity index (χ3v) is 3.25. The van der Waals surface area contributed by atoms with Gasteiger partial charge in [0.15, 0.2) is 0 Å². The summed E-state index contributed by atoms with van der Waals surface area (Å²) in [6.07, 6.45) is 0. The van der Waals surface area contributed by atoms with Crippen molar-refractivity contribution in [1.82, 2.24) is 10.1 Å². The molecule has 19 heavy (non-hydrogen) atoms. The highest BCUT2D eigenvalue weighted by Gasteiger charge is 2.21. The van der Waals surface area contributed by atoms with Crippen LogP contribution in [-0.4, -0.2) is 16.7 Å². The molecular formula is C14H18FN3O. The maximum atomic E-state index is 13.1. The zero-order valence-corrected chi connectivity index (χ0v) is 11.4. The van der Waals surface area contributed by atoms with E-state index in [1.807, 2.05) is 6.92 Å². The molecule has 4 nitrogen and oxygen atoms in total. The van der Waals surface area contributed by atoms with Gasteiger partial charge in [-0.25, -0.2) is 4.39 Å². The van der Waals surface area contributed by atoms with Gasteiger partial charge in [0, 0.05) is 12.1 Å². The molecule has 0 amide bonds. The molecule has 1 unspecified atom stereocenters. The second-order valence-electron chi connectivity index (χ2n) is 5.00. The van der Waals surface area contributed by atoms with E-state index < -0.39 is 0 Å². The predicted octanol–water partition coefficient (Wildman–Crippen LogP) is 2.88. The molecular weight excluding hydrogens is 245 g/mol. The van der Waals surface area contributed by atoms with Crippen LogP contribution in [0, 0.1) is 18.7 Å². The van der Waals surface area contributed by atoms with Crippen LogP contribution >= 0.6 is 0 Å². The van der Waals surface area contributed by atoms with Crippen molar-refractivity contribution >= 4 is 0 Å². The number of aryl methyl sites for hydroxylation is 1. The molecule has 0 bridgehead atoms. The van der Waals surface area contributed by atoms with E-state index in [9.17, 15) is 4.39 Å². The minimum atomic E-state index is -0.271. The molecule has 0 saturated carbocycles. The van der Waals surface area contributed by atoms with E-state index in [0.717, 1.165) is 11.1 Å². The second kappa shape index (κ2) is 5.48. The summed E-state index contributed by atoms with van der Waals surface area (Å²) in [5, 5.41) is 3.96. The van der Waals surface area contributed by atoms with Crippen LogP contribution in [0.25, 0.3) is 11.4 Å². The Balaban J connectivity index is 2.35. The van der Waals surface area contributed by atoms with Crippen LogP contribution in [0.2, 0.25) is 0 Å². The Morgan fingerprint density at radius 3 is 2.68 bits per heavy atom. The van der Waals surface area contributed by atoms with E-state index in [0.29, 0.717) is 24.2 Å². The normalized spacial score (nSPS) is 12.9. The van der Waals surface area contributed by atoms with Crippen molar-refractivity contribution in [3.05, 3.63) is 35.5 Å². The van der Waals surface area contributed by atoms with E-state index in [1.54, 1.807) is 6.07 Å². The van der Waals surface area contributed by atoms with Gasteiger partial charge < -0.3 is 10.3 Å². The Labute approximate surface area is 111 Å². The van der Waals surface area contributed by atoms with Crippen LogP contribution in [-0.2, 0) is 0 Å². The van der Waals surface area contributed by atoms with Crippen LogP contribution in [0.4, 0.5) is 4.39 Å². The molecule has 1 atom stereocenters. The molecule has 0 fully saturated rings. The van der Waals surface area contributed by atoms with E-state index >= 15 is 0 Å². The van der Waals surface area contributed by atoms with Gasteiger partial charge in [0.1, 0.15) is 5.82 Å². The topological polar surface area (TPSA) is 64.9 Å². The maximum Gasteiger partial charge on any atom is 0.231 e. The fourth-order valence-electron chi connectivity index (χ4n) is 2.03. The van der Waals surface area contributed by atoms with Crippen LogP contribution in [0.5, 0.6) is 0 Å². The summed E-state index contributed by atoms with van der Waals surface area (Å²) in [5.41, 5.74) is 7.28. The van der Waals surface area contributed by atoms with Gasteiger partial charge >= 0.3 is 0 Å². The molecule has 102 valence electrons. The smallest absolute Gasteiger partial charge is 0.231 e. The van der Waals surface area contributed by atoms with Gasteiger partial charge in [0.05, 0.1) is 5.92 Å². The number of aromatic nitrogens is 2. The monoisotopic (exact) mass is 263 g/mol. The molecule has 0 aliphatic carbocycles. The lowest BCUT2D eigenvalue weighted by molar-refractivity contribution is 0.324. The van der Waals surface area contributed by atoms with E-state index in [4.69, 9.17) is 10.3 Å². The van der Waals surface area contributed by atoms with Crippen LogP contribution in [0.3, 0.4) is 0 Å². The Kier molecular flexibility index (Phi) is 3.95. The third-order valence-electron chi connectivity index (χ3n) is 3.25. The van der Waals surface area contributed by atoms with Crippen molar-refractivity contribution in [2.45, 2.75) is 26.7 Å². The number of hydrogen-bond donors (Lipinski definition) is 1. The first-order chi connectivity index (χ1) is 9.02. The summed E-state index contributed by atoms with van der Waals surface area (Å²) in [7, 11) is 0. The first-order valence-electron chi connectivity index (χ1n) is 6.33. The van der Waals surface area contributed by atoms with Crippen molar-refractivity contribution in [3.8, 4) is 11.4 Å². The molecule has 1 heterocycles. The first-order valence-corrected chi connectivity index (χ1v) is 6.33. The fraction of sp³-hybridized carbons (Fsp3) is 0.429. The van der Waals surface area contributed by atoms with Crippen LogP contribution in [0.15, 0.2) is 22.7 Å². The minimum Gasteiger partial charge on any atom is -0.339 e. The fourth-order valence-corrected chi connectivity index (χ4v) is 2.03. The SMILES string of the molecule is Cc1cc(F)ccc1-c1noc(C(CN)C(C)C)n1. The molecule has 2 rings (SSSR count). The van der Waals surface area contributed by atoms with Gasteiger partial charge in [-0.1, -0.05) is 19.0 Å². The number of nitrogens with two attached hydrogens (primary N) is 1. The molecule has 2 N–H and O–H groups in total. The molecule has 5 heteroatoms. The van der Waals surface area contributed by atoms with E-state index in [-0.39, 0.29) is 11.7 Å². The predicted molar refractivity (Wildman–Crippen MR) is 71.1 cm³/mol. The summed E-state index contributed by atoms with van der Waals surface area (Å²) >= 11 is 0.